The summed E-state index contributed by atoms with van der Waals surface area (Å²) in [4.78, 5) is 0. The molecule has 0 atom stereocenters. The second-order valence-electron chi connectivity index (χ2n) is 3.89. The summed E-state index contributed by atoms with van der Waals surface area (Å²) in [6, 6.07) is 2.09. The monoisotopic (exact) mass is 246 g/mol. The number of hydrogen-bond acceptors (Lipinski definition) is 3. The van der Waals surface area contributed by atoms with Crippen molar-refractivity contribution in [2.75, 3.05) is 6.61 Å². The number of halogens is 2. The maximum Gasteiger partial charge on any atom is 0.490 e. The van der Waals surface area contributed by atoms with E-state index in [1.165, 1.54) is 0 Å². The predicted molar refractivity (Wildman–Crippen MR) is 61.6 cm³/mol. The minimum atomic E-state index is -1.82. The van der Waals surface area contributed by atoms with Gasteiger partial charge in [0.1, 0.15) is 11.6 Å². The lowest BCUT2D eigenvalue weighted by Gasteiger charge is -2.12. The molecule has 0 saturated carbocycles. The molecule has 0 aromatic heterocycles. The van der Waals surface area contributed by atoms with Gasteiger partial charge in [0.25, 0.3) is 0 Å². The predicted octanol–water partition coefficient (Wildman–Crippen LogP) is 1.19. The van der Waals surface area contributed by atoms with Crippen molar-refractivity contribution in [1.29, 1.82) is 0 Å². The number of benzene rings is 1. The third kappa shape index (κ3) is 3.37. The molecule has 2 N–H and O–H groups in total. The van der Waals surface area contributed by atoms with Crippen LogP contribution in [0.1, 0.15) is 13.8 Å². The molecule has 0 aliphatic carbocycles. The Kier molecular flexibility index (Phi) is 4.59. The van der Waals surface area contributed by atoms with Gasteiger partial charge in [0.2, 0.25) is 0 Å². The van der Waals surface area contributed by atoms with E-state index in [1.54, 1.807) is 0 Å². The van der Waals surface area contributed by atoms with Gasteiger partial charge in [-0.3, -0.25) is 0 Å². The van der Waals surface area contributed by atoms with Gasteiger partial charge in [-0.15, -0.1) is 0 Å². The summed E-state index contributed by atoms with van der Waals surface area (Å²) in [6.07, 6.45) is 0. The quantitative estimate of drug-likeness (QED) is 0.785. The first kappa shape index (κ1) is 13.3. The maximum atomic E-state index is 13.1. The molecule has 6 heteroatoms. The summed E-state index contributed by atoms with van der Waals surface area (Å²) in [7, 11) is -1.82. The molecule has 0 fully saturated rings. The van der Waals surface area contributed by atoms with Crippen molar-refractivity contribution in [3.05, 3.63) is 23.0 Å². The van der Waals surface area contributed by atoms with Crippen molar-refractivity contribution in [2.24, 2.45) is 5.92 Å². The second kappa shape index (κ2) is 5.52. The summed E-state index contributed by atoms with van der Waals surface area (Å²) in [5.41, 5.74) is -0.0968. The molecular formula is C10H13BClFO3. The van der Waals surface area contributed by atoms with Crippen LogP contribution in [0.4, 0.5) is 4.39 Å². The van der Waals surface area contributed by atoms with E-state index in [0.717, 1.165) is 12.1 Å². The molecule has 0 aliphatic rings. The van der Waals surface area contributed by atoms with E-state index in [2.05, 4.69) is 0 Å². The minimum absolute atomic E-state index is 0.0250. The Morgan fingerprint density at radius 3 is 2.56 bits per heavy atom. The highest BCUT2D eigenvalue weighted by atomic mass is 35.5. The topological polar surface area (TPSA) is 49.7 Å². The Hall–Kier alpha value is -0.775. The van der Waals surface area contributed by atoms with Gasteiger partial charge >= 0.3 is 7.12 Å². The number of ether oxygens (including phenoxy) is 1. The molecule has 16 heavy (non-hydrogen) atoms. The van der Waals surface area contributed by atoms with Crippen molar-refractivity contribution in [1.82, 2.24) is 0 Å². The molecular weight excluding hydrogens is 233 g/mol. The molecule has 1 aromatic carbocycles. The third-order valence-electron chi connectivity index (χ3n) is 1.88. The fourth-order valence-corrected chi connectivity index (χ4v) is 1.40. The van der Waals surface area contributed by atoms with Crippen molar-refractivity contribution in [3.63, 3.8) is 0 Å². The molecule has 0 aliphatic heterocycles. The average molecular weight is 246 g/mol. The molecule has 3 nitrogen and oxygen atoms in total. The first-order chi connectivity index (χ1) is 7.41. The van der Waals surface area contributed by atoms with Crippen molar-refractivity contribution >= 4 is 24.2 Å². The molecule has 0 unspecified atom stereocenters. The summed E-state index contributed by atoms with van der Waals surface area (Å²) in [5.74, 6) is -0.230. The van der Waals surface area contributed by atoms with Gasteiger partial charge in [0.05, 0.1) is 11.6 Å². The maximum absolute atomic E-state index is 13.1. The van der Waals surface area contributed by atoms with Crippen LogP contribution in [0, 0.1) is 11.7 Å². The van der Waals surface area contributed by atoms with Crippen LogP contribution in [0.15, 0.2) is 12.1 Å². The Balaban J connectivity index is 2.99. The van der Waals surface area contributed by atoms with Gasteiger partial charge in [-0.25, -0.2) is 4.39 Å². The Morgan fingerprint density at radius 2 is 2.06 bits per heavy atom. The molecule has 1 rings (SSSR count). The van der Waals surface area contributed by atoms with Crippen molar-refractivity contribution < 1.29 is 19.2 Å². The highest BCUT2D eigenvalue weighted by Gasteiger charge is 2.20. The van der Waals surface area contributed by atoms with Gasteiger partial charge < -0.3 is 14.8 Å². The lowest BCUT2D eigenvalue weighted by atomic mass is 9.80. The lowest BCUT2D eigenvalue weighted by Crippen LogP contribution is -2.31. The SMILES string of the molecule is CC(C)COc1cc(F)cc(B(O)O)c1Cl. The van der Waals surface area contributed by atoms with Crippen LogP contribution < -0.4 is 10.2 Å². The second-order valence-corrected chi connectivity index (χ2v) is 4.26. The van der Waals surface area contributed by atoms with Crippen LogP contribution in [-0.2, 0) is 0 Å². The van der Waals surface area contributed by atoms with E-state index in [1.807, 2.05) is 13.8 Å². The van der Waals surface area contributed by atoms with Crippen LogP contribution >= 0.6 is 11.6 Å². The number of rotatable bonds is 4. The molecule has 0 amide bonds. The van der Waals surface area contributed by atoms with Gasteiger partial charge in [0, 0.05) is 11.5 Å². The van der Waals surface area contributed by atoms with E-state index in [0.29, 0.717) is 6.61 Å². The molecule has 1 aromatic rings. The Bertz CT molecular complexity index is 371. The summed E-state index contributed by atoms with van der Waals surface area (Å²) < 4.78 is 18.4. The van der Waals surface area contributed by atoms with Crippen LogP contribution in [0.2, 0.25) is 5.02 Å². The smallest absolute Gasteiger partial charge is 0.490 e. The number of hydrogen-bond donors (Lipinski definition) is 2. The molecule has 0 heterocycles. The van der Waals surface area contributed by atoms with E-state index in [-0.39, 0.29) is 22.2 Å². The van der Waals surface area contributed by atoms with E-state index in [9.17, 15) is 4.39 Å². The average Bonchev–Trinajstić information content (AvgIpc) is 2.18. The fraction of sp³-hybridized carbons (Fsp3) is 0.400. The van der Waals surface area contributed by atoms with E-state index in [4.69, 9.17) is 26.4 Å². The Morgan fingerprint density at radius 1 is 1.44 bits per heavy atom. The lowest BCUT2D eigenvalue weighted by molar-refractivity contribution is 0.270. The Labute approximate surface area is 99.0 Å². The van der Waals surface area contributed by atoms with Crippen LogP contribution in [0.5, 0.6) is 5.75 Å². The first-order valence-electron chi connectivity index (χ1n) is 4.89. The normalized spacial score (nSPS) is 10.7. The zero-order valence-corrected chi connectivity index (χ0v) is 9.83. The first-order valence-corrected chi connectivity index (χ1v) is 5.27. The highest BCUT2D eigenvalue weighted by Crippen LogP contribution is 2.24. The molecule has 0 spiro atoms. The third-order valence-corrected chi connectivity index (χ3v) is 2.29. The fourth-order valence-electron chi connectivity index (χ4n) is 1.13. The zero-order chi connectivity index (χ0) is 12.3. The van der Waals surface area contributed by atoms with Gasteiger partial charge in [-0.1, -0.05) is 25.4 Å². The van der Waals surface area contributed by atoms with E-state index >= 15 is 0 Å². The van der Waals surface area contributed by atoms with Crippen molar-refractivity contribution in [3.8, 4) is 5.75 Å². The van der Waals surface area contributed by atoms with Gasteiger partial charge in [-0.2, -0.15) is 0 Å². The zero-order valence-electron chi connectivity index (χ0n) is 9.08. The van der Waals surface area contributed by atoms with Crippen LogP contribution in [-0.4, -0.2) is 23.8 Å². The highest BCUT2D eigenvalue weighted by molar-refractivity contribution is 6.63. The van der Waals surface area contributed by atoms with E-state index < -0.39 is 12.9 Å². The molecule has 88 valence electrons. The minimum Gasteiger partial charge on any atom is -0.492 e. The summed E-state index contributed by atoms with van der Waals surface area (Å²) >= 11 is 5.85. The van der Waals surface area contributed by atoms with Crippen molar-refractivity contribution in [2.45, 2.75) is 13.8 Å². The standard InChI is InChI=1S/C10H13BClFO3/c1-6(2)5-16-9-4-7(13)3-8(10(9)12)11(14)15/h3-4,6,14-15H,5H2,1-2H3. The summed E-state index contributed by atoms with van der Waals surface area (Å²) in [6.45, 7) is 4.26. The molecule has 0 bridgehead atoms. The summed E-state index contributed by atoms with van der Waals surface area (Å²) in [5, 5.41) is 18.0. The van der Waals surface area contributed by atoms with Gasteiger partial charge in [0.15, 0.2) is 0 Å². The largest absolute Gasteiger partial charge is 0.492 e. The van der Waals surface area contributed by atoms with Gasteiger partial charge in [-0.05, 0) is 12.0 Å². The van der Waals surface area contributed by atoms with Crippen LogP contribution in [0.3, 0.4) is 0 Å². The molecule has 0 saturated heterocycles. The van der Waals surface area contributed by atoms with Crippen LogP contribution in [0.25, 0.3) is 0 Å². The molecule has 0 radical (unpaired) electrons.